The van der Waals surface area contributed by atoms with Gasteiger partial charge in [-0.1, -0.05) is 22.0 Å². The normalized spacial score (nSPS) is 12.5. The summed E-state index contributed by atoms with van der Waals surface area (Å²) in [7, 11) is 0. The lowest BCUT2D eigenvalue weighted by Gasteiger charge is -2.07. The van der Waals surface area contributed by atoms with E-state index in [4.69, 9.17) is 4.55 Å². The molecule has 1 atom stereocenters. The van der Waals surface area contributed by atoms with Gasteiger partial charge in [0.2, 0.25) is 0 Å². The van der Waals surface area contributed by atoms with E-state index in [-0.39, 0.29) is 5.75 Å². The van der Waals surface area contributed by atoms with Gasteiger partial charge in [-0.05, 0) is 24.1 Å². The van der Waals surface area contributed by atoms with Gasteiger partial charge in [0.15, 0.2) is 17.4 Å². The van der Waals surface area contributed by atoms with Crippen molar-refractivity contribution in [1.29, 1.82) is 0 Å². The second-order valence-corrected chi connectivity index (χ2v) is 4.61. The molecule has 0 radical (unpaired) electrons. The van der Waals surface area contributed by atoms with Gasteiger partial charge in [0.05, 0.1) is 5.75 Å². The van der Waals surface area contributed by atoms with Crippen LogP contribution in [0.3, 0.4) is 0 Å². The smallest absolute Gasteiger partial charge is 0.157 e. The van der Waals surface area contributed by atoms with Crippen molar-refractivity contribution in [3.63, 3.8) is 0 Å². The van der Waals surface area contributed by atoms with Gasteiger partial charge < -0.3 is 4.55 Å². The summed E-state index contributed by atoms with van der Waals surface area (Å²) in [5, 5.41) is 0. The van der Waals surface area contributed by atoms with Gasteiger partial charge in [-0.25, -0.2) is 4.21 Å². The zero-order chi connectivity index (χ0) is 10.7. The third-order valence-corrected chi connectivity index (χ3v) is 3.22. The fourth-order valence-electron chi connectivity index (χ4n) is 1.17. The minimum absolute atomic E-state index is 0.0555. The van der Waals surface area contributed by atoms with Crippen LogP contribution in [0.2, 0.25) is 0 Å². The van der Waals surface area contributed by atoms with Crippen LogP contribution in [0.4, 0.5) is 0 Å². The number of rotatable bonds is 3. The molecule has 0 saturated heterocycles. The van der Waals surface area contributed by atoms with E-state index >= 15 is 0 Å². The SMILES string of the molecule is Cc1c(CS(=O)O)ccc(Br)c1C=O. The number of hydrogen-bond acceptors (Lipinski definition) is 2. The van der Waals surface area contributed by atoms with Gasteiger partial charge in [0.1, 0.15) is 0 Å². The molecule has 3 nitrogen and oxygen atoms in total. The fraction of sp³-hybridized carbons (Fsp3) is 0.222. The topological polar surface area (TPSA) is 54.4 Å². The molecular weight excluding hydrogens is 268 g/mol. The Kier molecular flexibility index (Phi) is 3.97. The van der Waals surface area contributed by atoms with Gasteiger partial charge in [-0.3, -0.25) is 4.79 Å². The summed E-state index contributed by atoms with van der Waals surface area (Å²) in [6.45, 7) is 1.76. The van der Waals surface area contributed by atoms with E-state index in [2.05, 4.69) is 15.9 Å². The zero-order valence-electron chi connectivity index (χ0n) is 7.49. The maximum absolute atomic E-state index is 10.7. The molecule has 1 N–H and O–H groups in total. The van der Waals surface area contributed by atoms with Gasteiger partial charge >= 0.3 is 0 Å². The summed E-state index contributed by atoms with van der Waals surface area (Å²) in [5.74, 6) is 0.0555. The van der Waals surface area contributed by atoms with Gasteiger partial charge in [0, 0.05) is 10.0 Å². The van der Waals surface area contributed by atoms with Crippen LogP contribution in [0, 0.1) is 6.92 Å². The molecule has 0 aliphatic heterocycles. The van der Waals surface area contributed by atoms with Crippen LogP contribution in [-0.4, -0.2) is 15.0 Å². The highest BCUT2D eigenvalue weighted by Crippen LogP contribution is 2.22. The molecule has 0 heterocycles. The molecule has 0 fully saturated rings. The summed E-state index contributed by atoms with van der Waals surface area (Å²) >= 11 is 1.36. The monoisotopic (exact) mass is 276 g/mol. The zero-order valence-corrected chi connectivity index (χ0v) is 9.89. The minimum atomic E-state index is -1.87. The predicted molar refractivity (Wildman–Crippen MR) is 58.7 cm³/mol. The molecule has 0 amide bonds. The van der Waals surface area contributed by atoms with Gasteiger partial charge in [-0.15, -0.1) is 0 Å². The molecule has 5 heteroatoms. The third-order valence-electron chi connectivity index (χ3n) is 1.97. The number of hydrogen-bond donors (Lipinski definition) is 1. The van der Waals surface area contributed by atoms with E-state index < -0.39 is 11.1 Å². The van der Waals surface area contributed by atoms with E-state index in [0.29, 0.717) is 10.0 Å². The van der Waals surface area contributed by atoms with Crippen molar-refractivity contribution >= 4 is 33.3 Å². The van der Waals surface area contributed by atoms with Crippen molar-refractivity contribution in [3.8, 4) is 0 Å². The van der Waals surface area contributed by atoms with E-state index in [1.807, 2.05) is 0 Å². The van der Waals surface area contributed by atoms with Crippen molar-refractivity contribution < 1.29 is 13.6 Å². The maximum Gasteiger partial charge on any atom is 0.157 e. The molecule has 1 aromatic rings. The van der Waals surface area contributed by atoms with E-state index in [9.17, 15) is 9.00 Å². The van der Waals surface area contributed by atoms with Crippen molar-refractivity contribution in [2.75, 3.05) is 0 Å². The standard InChI is InChI=1S/C9H9BrO3S/c1-6-7(5-14(12)13)2-3-9(10)8(6)4-11/h2-4H,5H2,1H3,(H,12,13). The van der Waals surface area contributed by atoms with Crippen LogP contribution >= 0.6 is 15.9 Å². The summed E-state index contributed by atoms with van der Waals surface area (Å²) in [4.78, 5) is 10.7. The highest BCUT2D eigenvalue weighted by Gasteiger charge is 2.08. The summed E-state index contributed by atoms with van der Waals surface area (Å²) in [6.07, 6.45) is 0.739. The van der Waals surface area contributed by atoms with Crippen LogP contribution in [0.25, 0.3) is 0 Å². The Morgan fingerprint density at radius 1 is 1.57 bits per heavy atom. The molecule has 0 aliphatic rings. The summed E-state index contributed by atoms with van der Waals surface area (Å²) in [5.41, 5.74) is 2.00. The maximum atomic E-state index is 10.7. The Hall–Kier alpha value is -0.520. The van der Waals surface area contributed by atoms with Crippen LogP contribution in [0.15, 0.2) is 16.6 Å². The molecule has 0 aromatic heterocycles. The first kappa shape index (κ1) is 11.6. The molecule has 0 aliphatic carbocycles. The van der Waals surface area contributed by atoms with E-state index in [1.165, 1.54) is 0 Å². The summed E-state index contributed by atoms with van der Waals surface area (Å²) in [6, 6.07) is 3.44. The van der Waals surface area contributed by atoms with Gasteiger partial charge in [0.25, 0.3) is 0 Å². The molecule has 1 aromatic carbocycles. The fourth-order valence-corrected chi connectivity index (χ4v) is 2.28. The third kappa shape index (κ3) is 2.50. The van der Waals surface area contributed by atoms with Gasteiger partial charge in [-0.2, -0.15) is 0 Å². The Bertz CT molecular complexity index is 390. The molecule has 1 rings (SSSR count). The Morgan fingerprint density at radius 2 is 2.21 bits per heavy atom. The molecular formula is C9H9BrO3S. The lowest BCUT2D eigenvalue weighted by Crippen LogP contribution is -1.99. The van der Waals surface area contributed by atoms with Crippen LogP contribution in [-0.2, 0) is 16.8 Å². The van der Waals surface area contributed by atoms with Crippen LogP contribution in [0.1, 0.15) is 21.5 Å². The first-order valence-electron chi connectivity index (χ1n) is 3.87. The van der Waals surface area contributed by atoms with E-state index in [0.717, 1.165) is 17.4 Å². The highest BCUT2D eigenvalue weighted by atomic mass is 79.9. The highest BCUT2D eigenvalue weighted by molar-refractivity contribution is 9.10. The predicted octanol–water partition coefficient (Wildman–Crippen LogP) is 2.29. The lowest BCUT2D eigenvalue weighted by molar-refractivity contribution is 0.112. The molecule has 1 unspecified atom stereocenters. The number of carbonyl (C=O) groups is 1. The van der Waals surface area contributed by atoms with Crippen molar-refractivity contribution in [3.05, 3.63) is 33.3 Å². The van der Waals surface area contributed by atoms with Crippen LogP contribution in [0.5, 0.6) is 0 Å². The second kappa shape index (κ2) is 4.82. The van der Waals surface area contributed by atoms with Crippen molar-refractivity contribution in [2.45, 2.75) is 12.7 Å². The Labute approximate surface area is 92.9 Å². The number of halogens is 1. The largest absolute Gasteiger partial charge is 0.306 e. The first-order chi connectivity index (χ1) is 6.56. The molecule has 0 saturated carbocycles. The molecule has 0 spiro atoms. The summed E-state index contributed by atoms with van der Waals surface area (Å²) < 4.78 is 20.1. The quantitative estimate of drug-likeness (QED) is 0.681. The minimum Gasteiger partial charge on any atom is -0.306 e. The molecule has 76 valence electrons. The number of carbonyl (C=O) groups excluding carboxylic acids is 1. The Balaban J connectivity index is 3.20. The average molecular weight is 277 g/mol. The van der Waals surface area contributed by atoms with Crippen molar-refractivity contribution in [1.82, 2.24) is 0 Å². The second-order valence-electron chi connectivity index (χ2n) is 2.83. The first-order valence-corrected chi connectivity index (χ1v) is 5.93. The van der Waals surface area contributed by atoms with Crippen molar-refractivity contribution in [2.24, 2.45) is 0 Å². The Morgan fingerprint density at radius 3 is 2.71 bits per heavy atom. The van der Waals surface area contributed by atoms with Crippen LogP contribution < -0.4 is 0 Å². The molecule has 0 bridgehead atoms. The average Bonchev–Trinajstić information content (AvgIpc) is 2.10. The molecule has 14 heavy (non-hydrogen) atoms. The lowest BCUT2D eigenvalue weighted by atomic mass is 10.0. The van der Waals surface area contributed by atoms with E-state index in [1.54, 1.807) is 19.1 Å². The number of aldehydes is 1. The number of benzene rings is 1.